The summed E-state index contributed by atoms with van der Waals surface area (Å²) in [6, 6.07) is 8.46. The number of benzene rings is 1. The Morgan fingerprint density at radius 1 is 1.47 bits per heavy atom. The Morgan fingerprint density at radius 3 is 2.60 bits per heavy atom. The van der Waals surface area contributed by atoms with Crippen LogP contribution in [0.5, 0.6) is 0 Å². The van der Waals surface area contributed by atoms with Crippen LogP contribution in [0.2, 0.25) is 0 Å². The zero-order chi connectivity index (χ0) is 11.3. The molecule has 0 amide bonds. The molecular weight excluding hydrogens is 190 g/mol. The van der Waals surface area contributed by atoms with E-state index < -0.39 is 0 Å². The first kappa shape index (κ1) is 11.5. The number of hydrogen-bond acceptors (Lipinski definition) is 3. The highest BCUT2D eigenvalue weighted by Gasteiger charge is 2.04. The van der Waals surface area contributed by atoms with Gasteiger partial charge in [-0.05, 0) is 19.4 Å². The van der Waals surface area contributed by atoms with E-state index in [0.717, 1.165) is 0 Å². The van der Waals surface area contributed by atoms with Crippen molar-refractivity contribution in [2.45, 2.75) is 19.9 Å². The van der Waals surface area contributed by atoms with Crippen LogP contribution in [-0.2, 0) is 0 Å². The van der Waals surface area contributed by atoms with Gasteiger partial charge >= 0.3 is 0 Å². The molecule has 0 saturated heterocycles. The second kappa shape index (κ2) is 5.36. The Bertz CT molecular complexity index is 332. The van der Waals surface area contributed by atoms with E-state index in [0.29, 0.717) is 6.54 Å². The molecule has 1 aromatic carbocycles. The average molecular weight is 207 g/mol. The van der Waals surface area contributed by atoms with Crippen molar-refractivity contribution in [3.05, 3.63) is 35.4 Å². The van der Waals surface area contributed by atoms with E-state index in [4.69, 9.17) is 10.9 Å². The van der Waals surface area contributed by atoms with Gasteiger partial charge in [0.25, 0.3) is 0 Å². The predicted molar refractivity (Wildman–Crippen MR) is 61.0 cm³/mol. The first-order valence-electron chi connectivity index (χ1n) is 4.90. The maximum Gasteiger partial charge on any atom is 0.153 e. The first-order valence-corrected chi connectivity index (χ1v) is 4.90. The molecule has 4 N–H and O–H groups in total. The minimum atomic E-state index is 0.186. The third kappa shape index (κ3) is 3.59. The highest BCUT2D eigenvalue weighted by Crippen LogP contribution is 2.12. The van der Waals surface area contributed by atoms with Gasteiger partial charge in [0.2, 0.25) is 0 Å². The molecule has 0 aliphatic rings. The summed E-state index contributed by atoms with van der Waals surface area (Å²) in [7, 11) is 0. The van der Waals surface area contributed by atoms with E-state index >= 15 is 0 Å². The van der Waals surface area contributed by atoms with Crippen LogP contribution < -0.4 is 11.1 Å². The Kier molecular flexibility index (Phi) is 4.12. The third-order valence-electron chi connectivity index (χ3n) is 2.30. The lowest BCUT2D eigenvalue weighted by Crippen LogP contribution is -2.30. The van der Waals surface area contributed by atoms with Crippen LogP contribution in [0.4, 0.5) is 0 Å². The molecule has 0 saturated carbocycles. The lowest BCUT2D eigenvalue weighted by atomic mass is 10.1. The van der Waals surface area contributed by atoms with Gasteiger partial charge < -0.3 is 16.3 Å². The first-order chi connectivity index (χ1) is 7.13. The molecule has 0 spiro atoms. The molecule has 0 bridgehead atoms. The van der Waals surface area contributed by atoms with Crippen molar-refractivity contribution in [1.29, 1.82) is 0 Å². The molecular formula is C11H17N3O. The summed E-state index contributed by atoms with van der Waals surface area (Å²) in [5.74, 6) is 0.189. The Labute approximate surface area is 89.8 Å². The van der Waals surface area contributed by atoms with Crippen LogP contribution in [0, 0.1) is 6.92 Å². The van der Waals surface area contributed by atoms with E-state index in [9.17, 15) is 0 Å². The SMILES string of the molecule is Cc1ccc(C(C)NCC(N)=NO)cc1. The molecule has 1 unspecified atom stereocenters. The fourth-order valence-corrected chi connectivity index (χ4v) is 1.27. The molecule has 0 aromatic heterocycles. The van der Waals surface area contributed by atoms with Crippen LogP contribution in [0.25, 0.3) is 0 Å². The number of oxime groups is 1. The van der Waals surface area contributed by atoms with Crippen LogP contribution in [0.3, 0.4) is 0 Å². The average Bonchev–Trinajstić information content (AvgIpc) is 2.26. The lowest BCUT2D eigenvalue weighted by Gasteiger charge is -2.13. The molecule has 0 fully saturated rings. The molecule has 0 aliphatic carbocycles. The number of hydrogen-bond donors (Lipinski definition) is 3. The monoisotopic (exact) mass is 207 g/mol. The van der Waals surface area contributed by atoms with Crippen molar-refractivity contribution in [1.82, 2.24) is 5.32 Å². The number of nitrogens with two attached hydrogens (primary N) is 1. The van der Waals surface area contributed by atoms with Crippen molar-refractivity contribution in [3.63, 3.8) is 0 Å². The van der Waals surface area contributed by atoms with Gasteiger partial charge in [0.1, 0.15) is 0 Å². The van der Waals surface area contributed by atoms with Crippen LogP contribution in [-0.4, -0.2) is 17.6 Å². The number of nitrogens with one attached hydrogen (secondary N) is 1. The van der Waals surface area contributed by atoms with Crippen LogP contribution in [0.1, 0.15) is 24.1 Å². The summed E-state index contributed by atoms with van der Waals surface area (Å²) in [6.45, 7) is 4.47. The van der Waals surface area contributed by atoms with E-state index in [1.165, 1.54) is 11.1 Å². The van der Waals surface area contributed by atoms with E-state index in [2.05, 4.69) is 41.7 Å². The van der Waals surface area contributed by atoms with Gasteiger partial charge in [-0.15, -0.1) is 0 Å². The van der Waals surface area contributed by atoms with Gasteiger partial charge in [0, 0.05) is 6.04 Å². The van der Waals surface area contributed by atoms with Gasteiger partial charge in [-0.25, -0.2) is 0 Å². The van der Waals surface area contributed by atoms with Crippen molar-refractivity contribution < 1.29 is 5.21 Å². The maximum atomic E-state index is 8.38. The van der Waals surface area contributed by atoms with Gasteiger partial charge in [-0.1, -0.05) is 35.0 Å². The second-order valence-corrected chi connectivity index (χ2v) is 3.60. The second-order valence-electron chi connectivity index (χ2n) is 3.60. The summed E-state index contributed by atoms with van der Waals surface area (Å²) in [5, 5.41) is 14.4. The van der Waals surface area contributed by atoms with E-state index in [-0.39, 0.29) is 11.9 Å². The normalized spacial score (nSPS) is 13.9. The molecule has 1 atom stereocenters. The van der Waals surface area contributed by atoms with Gasteiger partial charge in [0.05, 0.1) is 6.54 Å². The largest absolute Gasteiger partial charge is 0.409 e. The lowest BCUT2D eigenvalue weighted by molar-refractivity contribution is 0.316. The van der Waals surface area contributed by atoms with Crippen molar-refractivity contribution in [3.8, 4) is 0 Å². The number of amidine groups is 1. The zero-order valence-corrected chi connectivity index (χ0v) is 9.07. The van der Waals surface area contributed by atoms with Gasteiger partial charge in [-0.3, -0.25) is 0 Å². The van der Waals surface area contributed by atoms with Crippen molar-refractivity contribution in [2.75, 3.05) is 6.54 Å². The molecule has 82 valence electrons. The molecule has 1 rings (SSSR count). The van der Waals surface area contributed by atoms with Crippen LogP contribution in [0.15, 0.2) is 29.4 Å². The maximum absolute atomic E-state index is 8.38. The summed E-state index contributed by atoms with van der Waals surface area (Å²) in [5.41, 5.74) is 7.79. The van der Waals surface area contributed by atoms with E-state index in [1.807, 2.05) is 6.92 Å². The number of aryl methyl sites for hydroxylation is 1. The quantitative estimate of drug-likeness (QED) is 0.302. The Balaban J connectivity index is 2.53. The Morgan fingerprint density at radius 2 is 2.07 bits per heavy atom. The highest BCUT2D eigenvalue weighted by molar-refractivity contribution is 5.81. The smallest absolute Gasteiger partial charge is 0.153 e. The summed E-state index contributed by atoms with van der Waals surface area (Å²) in [6.07, 6.45) is 0. The summed E-state index contributed by atoms with van der Waals surface area (Å²) >= 11 is 0. The van der Waals surface area contributed by atoms with E-state index in [1.54, 1.807) is 0 Å². The van der Waals surface area contributed by atoms with Gasteiger partial charge in [0.15, 0.2) is 5.84 Å². The fourth-order valence-electron chi connectivity index (χ4n) is 1.27. The fraction of sp³-hybridized carbons (Fsp3) is 0.364. The molecule has 4 nitrogen and oxygen atoms in total. The third-order valence-corrected chi connectivity index (χ3v) is 2.30. The minimum absolute atomic E-state index is 0.186. The van der Waals surface area contributed by atoms with Crippen molar-refractivity contribution in [2.24, 2.45) is 10.9 Å². The van der Waals surface area contributed by atoms with Crippen molar-refractivity contribution >= 4 is 5.84 Å². The number of nitrogens with zero attached hydrogens (tertiary/aromatic N) is 1. The topological polar surface area (TPSA) is 70.6 Å². The Hall–Kier alpha value is -1.55. The molecule has 0 radical (unpaired) electrons. The standard InChI is InChI=1S/C11H17N3O/c1-8-3-5-10(6-4-8)9(2)13-7-11(12)14-15/h3-6,9,13,15H,7H2,1-2H3,(H2,12,14). The molecule has 0 aliphatic heterocycles. The predicted octanol–water partition coefficient (Wildman–Crippen LogP) is 1.39. The van der Waals surface area contributed by atoms with Crippen LogP contribution >= 0.6 is 0 Å². The summed E-state index contributed by atoms with van der Waals surface area (Å²) in [4.78, 5) is 0. The molecule has 1 aromatic rings. The minimum Gasteiger partial charge on any atom is -0.409 e. The number of rotatable bonds is 4. The summed E-state index contributed by atoms with van der Waals surface area (Å²) < 4.78 is 0. The molecule has 4 heteroatoms. The molecule has 15 heavy (non-hydrogen) atoms. The zero-order valence-electron chi connectivity index (χ0n) is 9.07. The highest BCUT2D eigenvalue weighted by atomic mass is 16.4. The molecule has 0 heterocycles. The van der Waals surface area contributed by atoms with Gasteiger partial charge in [-0.2, -0.15) is 0 Å².